The molecule has 15 heavy (non-hydrogen) atoms. The molecule has 0 aliphatic carbocycles. The Labute approximate surface area is 85.8 Å². The molecule has 0 aromatic carbocycles. The number of carbonyl (C=O) groups is 2. The number of β-lactam (4-membered cyclic amide) rings is 1. The lowest BCUT2D eigenvalue weighted by molar-refractivity contribution is -0.747. The van der Waals surface area contributed by atoms with Gasteiger partial charge in [-0.05, 0) is 23.4 Å². The number of fused-ring (bicyclic) bond motifs is 1. The van der Waals surface area contributed by atoms with Crippen molar-refractivity contribution in [1.82, 2.24) is 0 Å². The van der Waals surface area contributed by atoms with Gasteiger partial charge in [0.15, 0.2) is 4.75 Å². The molecule has 3 fully saturated rings. The summed E-state index contributed by atoms with van der Waals surface area (Å²) < 4.78 is 20.8. The first-order valence-electron chi connectivity index (χ1n) is 4.68. The summed E-state index contributed by atoms with van der Waals surface area (Å²) in [6.45, 7) is 2.94. The lowest BCUT2D eigenvalue weighted by Crippen LogP contribution is -2.78. The van der Waals surface area contributed by atoms with Crippen LogP contribution in [0.1, 0.15) is 20.3 Å². The van der Waals surface area contributed by atoms with Gasteiger partial charge in [-0.25, -0.2) is 9.59 Å². The molecule has 3 aliphatic rings. The van der Waals surface area contributed by atoms with Gasteiger partial charge in [-0.3, -0.25) is 4.55 Å². The van der Waals surface area contributed by atoms with E-state index in [1.807, 2.05) is 0 Å². The molecular formula is C8H12NO5S+. The Balaban J connectivity index is 2.24. The van der Waals surface area contributed by atoms with E-state index in [0.717, 1.165) is 0 Å². The van der Waals surface area contributed by atoms with E-state index in [9.17, 15) is 18.4 Å². The summed E-state index contributed by atoms with van der Waals surface area (Å²) in [5, 5.41) is 8.38. The van der Waals surface area contributed by atoms with Crippen LogP contribution in [0.15, 0.2) is 0 Å². The predicted octanol–water partition coefficient (Wildman–Crippen LogP) is -0.473. The maximum atomic E-state index is 12.5. The van der Waals surface area contributed by atoms with E-state index < -0.39 is 41.5 Å². The van der Waals surface area contributed by atoms with Crippen LogP contribution in [0.2, 0.25) is 0 Å². The van der Waals surface area contributed by atoms with E-state index >= 15 is 0 Å². The van der Waals surface area contributed by atoms with E-state index in [2.05, 4.69) is 0 Å². The fraction of sp³-hybridized carbons (Fsp3) is 0.750. The lowest BCUT2D eigenvalue weighted by Gasteiger charge is -2.53. The van der Waals surface area contributed by atoms with Crippen LogP contribution in [0.3, 0.4) is 0 Å². The van der Waals surface area contributed by atoms with Crippen LogP contribution in [0.25, 0.3) is 0 Å². The Bertz CT molecular complexity index is 511. The number of quaternary nitrogens is 1. The molecule has 2 N–H and O–H groups in total. The zero-order valence-electron chi connectivity index (χ0n) is 8.34. The summed E-state index contributed by atoms with van der Waals surface area (Å²) in [7, 11) is -4.07. The third kappa shape index (κ3) is 0.443. The standard InChI is InChI=1S/C8H11NO5S/c1-8(2)6(7(11)12)9-4(10)3-5(9)15(8,9,13)14/h5-6H,3H2,1-2H3,(H-,11,12,13,14)/p+1/t5-,6+,9+/m1/s1. The fourth-order valence-electron chi connectivity index (χ4n) is 3.65. The van der Waals surface area contributed by atoms with E-state index in [0.29, 0.717) is 0 Å². The van der Waals surface area contributed by atoms with Crippen molar-refractivity contribution in [3.05, 3.63) is 0 Å². The van der Waals surface area contributed by atoms with Gasteiger partial charge >= 0.3 is 11.9 Å². The number of carbonyl (C=O) groups excluding carboxylic acids is 1. The summed E-state index contributed by atoms with van der Waals surface area (Å²) in [4.78, 5) is 22.5. The van der Waals surface area contributed by atoms with Crippen LogP contribution in [0, 0.1) is 0 Å². The second kappa shape index (κ2) is 1.68. The van der Waals surface area contributed by atoms with Gasteiger partial charge in [-0.2, -0.15) is 4.21 Å². The first kappa shape index (κ1) is 9.44. The Morgan fingerprint density at radius 1 is 1.60 bits per heavy atom. The van der Waals surface area contributed by atoms with Gasteiger partial charge in [0, 0.05) is 0 Å². The molecule has 3 heterocycles. The average Bonchev–Trinajstić information content (AvgIpc) is 2.39. The van der Waals surface area contributed by atoms with Crippen molar-refractivity contribution < 1.29 is 27.3 Å². The van der Waals surface area contributed by atoms with Crippen LogP contribution >= 0.6 is 0 Å². The van der Waals surface area contributed by atoms with Gasteiger partial charge in [-0.1, -0.05) is 0 Å². The molecule has 3 rings (SSSR count). The highest BCUT2D eigenvalue weighted by Crippen LogP contribution is 2.84. The van der Waals surface area contributed by atoms with Gasteiger partial charge in [0.2, 0.25) is 6.04 Å². The summed E-state index contributed by atoms with van der Waals surface area (Å²) in [6.07, 6.45) is 0.0507. The van der Waals surface area contributed by atoms with E-state index in [4.69, 9.17) is 5.11 Å². The topological polar surface area (TPSA) is 91.7 Å². The fourth-order valence-corrected chi connectivity index (χ4v) is 8.97. The van der Waals surface area contributed by atoms with Crippen LogP contribution in [-0.4, -0.2) is 45.8 Å². The van der Waals surface area contributed by atoms with Crippen LogP contribution in [-0.2, 0) is 19.1 Å². The Hall–Kier alpha value is -0.790. The first-order chi connectivity index (χ1) is 6.64. The van der Waals surface area contributed by atoms with Crippen LogP contribution < -0.4 is 0 Å². The minimum absolute atomic E-state index is 0.0507. The SMILES string of the molecule is CC1(C)[C@H](C(=O)O)[N@+]23C(=O)C[C@H]2S13(=O)O. The number of rotatable bonds is 1. The quantitative estimate of drug-likeness (QED) is 0.363. The van der Waals surface area contributed by atoms with Crippen molar-refractivity contribution in [2.75, 3.05) is 0 Å². The molecule has 6 nitrogen and oxygen atoms in total. The largest absolute Gasteiger partial charge is 0.477 e. The average molecular weight is 234 g/mol. The van der Waals surface area contributed by atoms with Crippen molar-refractivity contribution in [2.45, 2.75) is 36.4 Å². The molecule has 1 amide bonds. The molecule has 3 aliphatic heterocycles. The maximum Gasteiger partial charge on any atom is 0.367 e. The Morgan fingerprint density at radius 2 is 2.13 bits per heavy atom. The highest BCUT2D eigenvalue weighted by atomic mass is 32.3. The smallest absolute Gasteiger partial charge is 0.367 e. The maximum absolute atomic E-state index is 12.5. The number of carboxylic acids is 1. The summed E-state index contributed by atoms with van der Waals surface area (Å²) in [6, 6.07) is -1.05. The molecule has 0 bridgehead atoms. The van der Waals surface area contributed by atoms with E-state index in [-0.39, 0.29) is 6.42 Å². The molecule has 3 atom stereocenters. The Kier molecular flexibility index (Phi) is 1.06. The number of aliphatic carboxylic acids is 1. The van der Waals surface area contributed by atoms with Gasteiger partial charge in [-0.15, -0.1) is 3.89 Å². The van der Waals surface area contributed by atoms with Gasteiger partial charge in [0.1, 0.15) is 6.42 Å². The van der Waals surface area contributed by atoms with Crippen molar-refractivity contribution in [2.24, 2.45) is 0 Å². The van der Waals surface area contributed by atoms with Crippen molar-refractivity contribution >= 4 is 21.4 Å². The zero-order valence-corrected chi connectivity index (χ0v) is 9.15. The zero-order chi connectivity index (χ0) is 11.5. The number of hydrogen-bond donors (Lipinski definition) is 2. The first-order valence-corrected chi connectivity index (χ1v) is 6.63. The van der Waals surface area contributed by atoms with Gasteiger partial charge < -0.3 is 5.11 Å². The molecule has 0 aromatic heterocycles. The predicted molar refractivity (Wildman–Crippen MR) is 49.9 cm³/mol. The Morgan fingerprint density at radius 3 is 2.40 bits per heavy atom. The highest BCUT2D eigenvalue weighted by molar-refractivity contribution is 8.18. The van der Waals surface area contributed by atoms with Crippen molar-refractivity contribution in [3.63, 3.8) is 0 Å². The van der Waals surface area contributed by atoms with Gasteiger partial charge in [0.25, 0.3) is 5.37 Å². The van der Waals surface area contributed by atoms with Crippen LogP contribution in [0.5, 0.6) is 0 Å². The highest BCUT2D eigenvalue weighted by Gasteiger charge is 3.09. The molecular weight excluding hydrogens is 222 g/mol. The minimum atomic E-state index is -4.07. The molecule has 0 saturated carbocycles. The van der Waals surface area contributed by atoms with Crippen molar-refractivity contribution in [1.29, 1.82) is 0 Å². The molecule has 84 valence electrons. The molecule has 0 aromatic rings. The van der Waals surface area contributed by atoms with Crippen LogP contribution in [0.4, 0.5) is 0 Å². The molecule has 1 spiro atoms. The number of amides is 1. The monoisotopic (exact) mass is 234 g/mol. The summed E-state index contributed by atoms with van der Waals surface area (Å²) >= 11 is 0. The number of carboxylic acid groups (broad SMARTS) is 1. The van der Waals surface area contributed by atoms with E-state index in [1.165, 1.54) is 13.8 Å². The molecule has 7 heteroatoms. The van der Waals surface area contributed by atoms with Crippen molar-refractivity contribution in [3.8, 4) is 0 Å². The lowest BCUT2D eigenvalue weighted by atomic mass is 9.97. The number of hydrogen-bond acceptors (Lipinski definition) is 3. The summed E-state index contributed by atoms with van der Waals surface area (Å²) in [5.74, 6) is -1.55. The second-order valence-corrected chi connectivity index (χ2v) is 9.07. The molecule has 0 radical (unpaired) electrons. The van der Waals surface area contributed by atoms with E-state index in [1.54, 1.807) is 0 Å². The number of nitrogens with zero attached hydrogens (tertiary/aromatic N) is 1. The second-order valence-electron chi connectivity index (χ2n) is 5.03. The third-order valence-electron chi connectivity index (χ3n) is 4.46. The normalized spacial score (nSPS) is 53.3. The summed E-state index contributed by atoms with van der Waals surface area (Å²) in [5.41, 5.74) is 0. The molecule has 3 saturated heterocycles. The minimum Gasteiger partial charge on any atom is -0.477 e. The third-order valence-corrected chi connectivity index (χ3v) is 9.76. The van der Waals surface area contributed by atoms with Gasteiger partial charge in [0.05, 0.1) is 0 Å². The molecule has 0 unspecified atom stereocenters.